The summed E-state index contributed by atoms with van der Waals surface area (Å²) in [6, 6.07) is 4.30. The van der Waals surface area contributed by atoms with Crippen LogP contribution in [-0.2, 0) is 4.74 Å². The van der Waals surface area contributed by atoms with Gasteiger partial charge in [0.05, 0.1) is 6.61 Å². The van der Waals surface area contributed by atoms with Gasteiger partial charge in [0, 0.05) is 44.6 Å². The lowest BCUT2D eigenvalue weighted by Gasteiger charge is -2.23. The Morgan fingerprint density at radius 2 is 2.38 bits per heavy atom. The Morgan fingerprint density at radius 3 is 3.00 bits per heavy atom. The summed E-state index contributed by atoms with van der Waals surface area (Å²) in [6.07, 6.45) is 2.69. The summed E-state index contributed by atoms with van der Waals surface area (Å²) in [5.41, 5.74) is 0. The molecule has 1 N–H and O–H groups in total. The molecule has 1 aliphatic rings. The Morgan fingerprint density at radius 1 is 1.57 bits per heavy atom. The highest BCUT2D eigenvalue weighted by molar-refractivity contribution is 7.10. The second kappa shape index (κ2) is 8.39. The Bertz CT molecular complexity index is 429. The molecule has 1 aromatic rings. The number of guanidine groups is 1. The van der Waals surface area contributed by atoms with E-state index in [9.17, 15) is 0 Å². The van der Waals surface area contributed by atoms with Crippen LogP contribution in [0.5, 0.6) is 0 Å². The predicted molar refractivity (Wildman–Crippen MR) is 90.3 cm³/mol. The van der Waals surface area contributed by atoms with Crippen LogP contribution in [-0.4, -0.2) is 51.3 Å². The van der Waals surface area contributed by atoms with E-state index in [1.165, 1.54) is 17.7 Å². The zero-order valence-corrected chi connectivity index (χ0v) is 14.2. The Labute approximate surface area is 132 Å². The molecule has 0 amide bonds. The minimum atomic E-state index is 0.501. The van der Waals surface area contributed by atoms with Crippen molar-refractivity contribution in [2.75, 3.05) is 40.4 Å². The van der Waals surface area contributed by atoms with E-state index in [0.29, 0.717) is 5.92 Å². The molecule has 0 aromatic carbocycles. The lowest BCUT2D eigenvalue weighted by Crippen LogP contribution is -2.41. The number of rotatable bonds is 8. The molecule has 0 aliphatic heterocycles. The van der Waals surface area contributed by atoms with Crippen LogP contribution in [0, 0.1) is 5.92 Å². The van der Waals surface area contributed by atoms with Crippen molar-refractivity contribution < 1.29 is 4.74 Å². The summed E-state index contributed by atoms with van der Waals surface area (Å²) in [7, 11) is 3.89. The molecule has 1 aromatic heterocycles. The molecule has 1 atom stereocenters. The average molecular weight is 309 g/mol. The van der Waals surface area contributed by atoms with E-state index in [1.807, 2.05) is 18.4 Å². The average Bonchev–Trinajstić information content (AvgIpc) is 3.14. The second-order valence-corrected chi connectivity index (χ2v) is 6.76. The number of nitrogens with one attached hydrogen (secondary N) is 1. The molecule has 118 valence electrons. The van der Waals surface area contributed by atoms with Gasteiger partial charge in [-0.05, 0) is 30.2 Å². The minimum Gasteiger partial charge on any atom is -0.379 e. The molecule has 1 fully saturated rings. The van der Waals surface area contributed by atoms with Crippen molar-refractivity contribution >= 4 is 17.3 Å². The highest BCUT2D eigenvalue weighted by Gasteiger charge is 2.21. The van der Waals surface area contributed by atoms with E-state index < -0.39 is 0 Å². The third-order valence-electron chi connectivity index (χ3n) is 3.79. The standard InChI is InChI=1S/C16H27N3OS/c1-13(15-5-4-10-21-15)11-18-16(17-2)19(3)8-9-20-12-14-6-7-14/h4-5,10,13-14H,6-9,11-12H2,1-3H3,(H,17,18). The first-order valence-electron chi connectivity index (χ1n) is 7.73. The number of hydrogen-bond donors (Lipinski definition) is 1. The molecule has 5 heteroatoms. The quantitative estimate of drug-likeness (QED) is 0.456. The molecule has 1 heterocycles. The van der Waals surface area contributed by atoms with Gasteiger partial charge < -0.3 is 15.0 Å². The van der Waals surface area contributed by atoms with Crippen molar-refractivity contribution in [2.45, 2.75) is 25.7 Å². The summed E-state index contributed by atoms with van der Waals surface area (Å²) in [5, 5.41) is 5.58. The maximum absolute atomic E-state index is 5.68. The number of ether oxygens (including phenoxy) is 1. The Hall–Kier alpha value is -1.07. The lowest BCUT2D eigenvalue weighted by molar-refractivity contribution is 0.115. The van der Waals surface area contributed by atoms with Gasteiger partial charge in [-0.25, -0.2) is 0 Å². The van der Waals surface area contributed by atoms with Crippen molar-refractivity contribution in [3.8, 4) is 0 Å². The zero-order chi connectivity index (χ0) is 15.1. The van der Waals surface area contributed by atoms with E-state index in [4.69, 9.17) is 4.74 Å². The van der Waals surface area contributed by atoms with Gasteiger partial charge in [0.25, 0.3) is 0 Å². The second-order valence-electron chi connectivity index (χ2n) is 5.78. The van der Waals surface area contributed by atoms with Gasteiger partial charge in [-0.3, -0.25) is 4.99 Å². The third-order valence-corrected chi connectivity index (χ3v) is 4.89. The molecule has 1 saturated carbocycles. The highest BCUT2D eigenvalue weighted by Crippen LogP contribution is 2.28. The van der Waals surface area contributed by atoms with Crippen LogP contribution in [0.3, 0.4) is 0 Å². The van der Waals surface area contributed by atoms with Crippen LogP contribution >= 0.6 is 11.3 Å². The van der Waals surface area contributed by atoms with E-state index in [-0.39, 0.29) is 0 Å². The largest absolute Gasteiger partial charge is 0.379 e. The Kier molecular flexibility index (Phi) is 6.51. The third kappa shape index (κ3) is 5.67. The van der Waals surface area contributed by atoms with Gasteiger partial charge in [-0.2, -0.15) is 0 Å². The van der Waals surface area contributed by atoms with Crippen LogP contribution in [0.25, 0.3) is 0 Å². The van der Waals surface area contributed by atoms with Crippen LogP contribution in [0.2, 0.25) is 0 Å². The molecule has 0 radical (unpaired) electrons. The predicted octanol–water partition coefficient (Wildman–Crippen LogP) is 2.79. The highest BCUT2D eigenvalue weighted by atomic mass is 32.1. The summed E-state index contributed by atoms with van der Waals surface area (Å²) in [4.78, 5) is 7.89. The first kappa shape index (κ1) is 16.3. The fraction of sp³-hybridized carbons (Fsp3) is 0.688. The van der Waals surface area contributed by atoms with Gasteiger partial charge in [0.1, 0.15) is 0 Å². The first-order chi connectivity index (χ1) is 10.2. The fourth-order valence-corrected chi connectivity index (χ4v) is 2.93. The fourth-order valence-electron chi connectivity index (χ4n) is 2.14. The topological polar surface area (TPSA) is 36.9 Å². The summed E-state index contributed by atoms with van der Waals surface area (Å²) < 4.78 is 5.68. The molecule has 4 nitrogen and oxygen atoms in total. The van der Waals surface area contributed by atoms with Gasteiger partial charge in [-0.15, -0.1) is 11.3 Å². The maximum Gasteiger partial charge on any atom is 0.193 e. The van der Waals surface area contributed by atoms with Gasteiger partial charge >= 0.3 is 0 Å². The number of aliphatic imine (C=N–C) groups is 1. The number of nitrogens with zero attached hydrogens (tertiary/aromatic N) is 2. The zero-order valence-electron chi connectivity index (χ0n) is 13.3. The van der Waals surface area contributed by atoms with Gasteiger partial charge in [0.15, 0.2) is 5.96 Å². The number of thiophene rings is 1. The minimum absolute atomic E-state index is 0.501. The molecule has 0 saturated heterocycles. The van der Waals surface area contributed by atoms with Crippen molar-refractivity contribution in [1.82, 2.24) is 10.2 Å². The van der Waals surface area contributed by atoms with Gasteiger partial charge in [-0.1, -0.05) is 13.0 Å². The lowest BCUT2D eigenvalue weighted by atomic mass is 10.1. The molecule has 21 heavy (non-hydrogen) atoms. The van der Waals surface area contributed by atoms with E-state index in [1.54, 1.807) is 0 Å². The van der Waals surface area contributed by atoms with E-state index >= 15 is 0 Å². The van der Waals surface area contributed by atoms with Crippen molar-refractivity contribution in [2.24, 2.45) is 10.9 Å². The number of likely N-dealkylation sites (N-methyl/N-ethyl adjacent to an activating group) is 1. The van der Waals surface area contributed by atoms with Crippen LogP contribution < -0.4 is 5.32 Å². The smallest absolute Gasteiger partial charge is 0.193 e. The summed E-state index contributed by atoms with van der Waals surface area (Å²) >= 11 is 1.81. The van der Waals surface area contributed by atoms with E-state index in [2.05, 4.69) is 46.7 Å². The SMILES string of the molecule is CN=C(NCC(C)c1cccs1)N(C)CCOCC1CC1. The van der Waals surface area contributed by atoms with Crippen molar-refractivity contribution in [3.63, 3.8) is 0 Å². The van der Waals surface area contributed by atoms with Crippen LogP contribution in [0.1, 0.15) is 30.6 Å². The number of hydrogen-bond acceptors (Lipinski definition) is 3. The molecule has 0 spiro atoms. The summed E-state index contributed by atoms with van der Waals surface area (Å²) in [6.45, 7) is 5.72. The molecule has 2 rings (SSSR count). The first-order valence-corrected chi connectivity index (χ1v) is 8.61. The molecule has 1 unspecified atom stereocenters. The molecular formula is C16H27N3OS. The van der Waals surface area contributed by atoms with Crippen LogP contribution in [0.4, 0.5) is 0 Å². The maximum atomic E-state index is 5.68. The van der Waals surface area contributed by atoms with Crippen molar-refractivity contribution in [1.29, 1.82) is 0 Å². The van der Waals surface area contributed by atoms with Crippen LogP contribution in [0.15, 0.2) is 22.5 Å². The molecule has 0 bridgehead atoms. The Balaban J connectivity index is 1.66. The monoisotopic (exact) mass is 309 g/mol. The normalized spacial score (nSPS) is 16.8. The molecule has 1 aliphatic carbocycles. The van der Waals surface area contributed by atoms with Gasteiger partial charge in [0.2, 0.25) is 0 Å². The summed E-state index contributed by atoms with van der Waals surface area (Å²) in [5.74, 6) is 2.27. The molecular weight excluding hydrogens is 282 g/mol. The van der Waals surface area contributed by atoms with E-state index in [0.717, 1.165) is 38.2 Å². The van der Waals surface area contributed by atoms with Crippen molar-refractivity contribution in [3.05, 3.63) is 22.4 Å².